The van der Waals surface area contributed by atoms with Gasteiger partial charge in [-0.3, -0.25) is 0 Å². The van der Waals surface area contributed by atoms with Gasteiger partial charge in [0.25, 0.3) is 0 Å². The summed E-state index contributed by atoms with van der Waals surface area (Å²) in [7, 11) is 0. The summed E-state index contributed by atoms with van der Waals surface area (Å²) in [5, 5.41) is 0. The van der Waals surface area contributed by atoms with Gasteiger partial charge in [0.15, 0.2) is 11.6 Å². The highest BCUT2D eigenvalue weighted by atomic mass is 16.8. The average molecular weight is 127 g/mol. The lowest BCUT2D eigenvalue weighted by molar-refractivity contribution is 0.279. The Morgan fingerprint density at radius 2 is 2.33 bits per heavy atom. The van der Waals surface area contributed by atoms with Gasteiger partial charge in [0, 0.05) is 0 Å². The van der Waals surface area contributed by atoms with Crippen molar-refractivity contribution >= 4 is 17.6 Å². The molecule has 0 saturated heterocycles. The first kappa shape index (κ1) is 4.45. The molecular formula is C3H5N5O. The van der Waals surface area contributed by atoms with Crippen LogP contribution in [0.1, 0.15) is 0 Å². The van der Waals surface area contributed by atoms with Crippen molar-refractivity contribution in [3.8, 4) is 0 Å². The first-order valence-corrected chi connectivity index (χ1v) is 2.39. The Kier molecular flexibility index (Phi) is 0.638. The van der Waals surface area contributed by atoms with Crippen LogP contribution >= 0.6 is 0 Å². The normalized spacial score (nSPS) is 14.2. The van der Waals surface area contributed by atoms with E-state index in [1.807, 2.05) is 0 Å². The van der Waals surface area contributed by atoms with E-state index in [2.05, 4.69) is 25.9 Å². The molecule has 1 aliphatic rings. The number of aromatic amines is 1. The Hall–Kier alpha value is -1.43. The number of nitrogens with one attached hydrogen (secondary N) is 3. The zero-order valence-electron chi connectivity index (χ0n) is 4.43. The summed E-state index contributed by atoms with van der Waals surface area (Å²) in [6.45, 7) is 0. The van der Waals surface area contributed by atoms with Crippen LogP contribution in [0.25, 0.3) is 0 Å². The largest absolute Gasteiger partial charge is 0.369 e. The lowest BCUT2D eigenvalue weighted by Gasteiger charge is -1.89. The number of fused-ring (bicyclic) bond motifs is 1. The van der Waals surface area contributed by atoms with Gasteiger partial charge in [-0.1, -0.05) is 0 Å². The van der Waals surface area contributed by atoms with Crippen molar-refractivity contribution in [3.05, 3.63) is 0 Å². The van der Waals surface area contributed by atoms with E-state index in [0.29, 0.717) is 17.6 Å². The van der Waals surface area contributed by atoms with Crippen LogP contribution < -0.4 is 16.7 Å². The van der Waals surface area contributed by atoms with Crippen LogP contribution in [0.15, 0.2) is 0 Å². The van der Waals surface area contributed by atoms with E-state index in [4.69, 9.17) is 5.73 Å². The molecule has 1 aromatic rings. The molecule has 0 unspecified atom stereocenters. The van der Waals surface area contributed by atoms with E-state index < -0.39 is 0 Å². The number of aromatic nitrogens is 2. The fourth-order valence-electron chi connectivity index (χ4n) is 0.664. The number of hydrogen-bond donors (Lipinski definition) is 4. The molecule has 5 N–H and O–H groups in total. The van der Waals surface area contributed by atoms with Crippen molar-refractivity contribution in [2.24, 2.45) is 0 Å². The van der Waals surface area contributed by atoms with E-state index >= 15 is 0 Å². The van der Waals surface area contributed by atoms with E-state index in [9.17, 15) is 0 Å². The van der Waals surface area contributed by atoms with E-state index in [1.165, 1.54) is 0 Å². The topological polar surface area (TPSA) is 88.0 Å². The second-order valence-electron chi connectivity index (χ2n) is 1.65. The molecule has 0 fully saturated rings. The first-order valence-electron chi connectivity index (χ1n) is 2.39. The molecule has 0 amide bonds. The van der Waals surface area contributed by atoms with Gasteiger partial charge in [-0.05, 0) is 0 Å². The Morgan fingerprint density at radius 3 is 3.11 bits per heavy atom. The second-order valence-corrected chi connectivity index (χ2v) is 1.65. The molecule has 0 bridgehead atoms. The predicted molar refractivity (Wildman–Crippen MR) is 31.3 cm³/mol. The molecule has 1 aromatic heterocycles. The number of rotatable bonds is 0. The minimum Gasteiger partial charge on any atom is -0.369 e. The van der Waals surface area contributed by atoms with Gasteiger partial charge in [-0.15, -0.1) is 0 Å². The van der Waals surface area contributed by atoms with Crippen molar-refractivity contribution in [1.82, 2.24) is 9.97 Å². The Labute approximate surface area is 50.3 Å². The Bertz CT molecular complexity index is 209. The lowest BCUT2D eigenvalue weighted by atomic mass is 10.7. The minimum atomic E-state index is 0.364. The van der Waals surface area contributed by atoms with Crippen LogP contribution in [0.4, 0.5) is 17.6 Å². The van der Waals surface area contributed by atoms with Crippen molar-refractivity contribution in [2.45, 2.75) is 0 Å². The number of hydrogen-bond acceptors (Lipinski definition) is 5. The number of H-pyrrole nitrogens is 1. The third-order valence-corrected chi connectivity index (χ3v) is 1.02. The highest BCUT2D eigenvalue weighted by Crippen LogP contribution is 2.23. The monoisotopic (exact) mass is 127 g/mol. The summed E-state index contributed by atoms with van der Waals surface area (Å²) in [4.78, 5) is 11.1. The van der Waals surface area contributed by atoms with Gasteiger partial charge in [0.05, 0.1) is 0 Å². The summed E-state index contributed by atoms with van der Waals surface area (Å²) in [6.07, 6.45) is 0. The van der Waals surface area contributed by atoms with Crippen molar-refractivity contribution < 1.29 is 4.94 Å². The zero-order chi connectivity index (χ0) is 6.27. The highest BCUT2D eigenvalue weighted by Gasteiger charge is 2.13. The van der Waals surface area contributed by atoms with Crippen LogP contribution in [0.3, 0.4) is 0 Å². The van der Waals surface area contributed by atoms with Crippen molar-refractivity contribution in [1.29, 1.82) is 0 Å². The Morgan fingerprint density at radius 1 is 1.44 bits per heavy atom. The van der Waals surface area contributed by atoms with Crippen molar-refractivity contribution in [3.63, 3.8) is 0 Å². The first-order chi connectivity index (χ1) is 4.36. The molecule has 0 aromatic carbocycles. The molecule has 0 spiro atoms. The SMILES string of the molecule is Nc1nc2c([nH]1)NON2. The molecule has 48 valence electrons. The third kappa shape index (κ3) is 0.500. The van der Waals surface area contributed by atoms with E-state index in [0.717, 1.165) is 0 Å². The average Bonchev–Trinajstić information content (AvgIpc) is 2.22. The van der Waals surface area contributed by atoms with Gasteiger partial charge in [0.2, 0.25) is 5.95 Å². The summed E-state index contributed by atoms with van der Waals surface area (Å²) in [6, 6.07) is 0. The molecule has 6 heteroatoms. The van der Waals surface area contributed by atoms with Gasteiger partial charge in [0.1, 0.15) is 0 Å². The molecule has 0 saturated carbocycles. The van der Waals surface area contributed by atoms with E-state index in [-0.39, 0.29) is 0 Å². The Balaban J connectivity index is 2.51. The summed E-state index contributed by atoms with van der Waals surface area (Å²) >= 11 is 0. The molecule has 1 aliphatic heterocycles. The molecule has 2 heterocycles. The quantitative estimate of drug-likeness (QED) is 0.383. The highest BCUT2D eigenvalue weighted by molar-refractivity contribution is 5.63. The van der Waals surface area contributed by atoms with Crippen LogP contribution in [0, 0.1) is 0 Å². The standard InChI is InChI=1S/C3H5N5O/c4-3-5-1-2(6-3)8-9-7-1/h7-8H,(H3,4,5,6). The number of nitrogens with two attached hydrogens (primary N) is 1. The summed E-state index contributed by atoms with van der Waals surface area (Å²) in [5.74, 6) is 1.61. The zero-order valence-corrected chi connectivity index (χ0v) is 4.43. The van der Waals surface area contributed by atoms with Gasteiger partial charge in [-0.2, -0.15) is 9.92 Å². The molecule has 2 rings (SSSR count). The lowest BCUT2D eigenvalue weighted by Crippen LogP contribution is -1.99. The summed E-state index contributed by atoms with van der Waals surface area (Å²) in [5.41, 5.74) is 10.3. The van der Waals surface area contributed by atoms with Gasteiger partial charge < -0.3 is 10.7 Å². The fraction of sp³-hybridized carbons (Fsp3) is 0. The maximum atomic E-state index is 5.29. The van der Waals surface area contributed by atoms with Gasteiger partial charge >= 0.3 is 0 Å². The third-order valence-electron chi connectivity index (χ3n) is 1.02. The van der Waals surface area contributed by atoms with Crippen LogP contribution in [0.5, 0.6) is 0 Å². The molecule has 9 heavy (non-hydrogen) atoms. The minimum absolute atomic E-state index is 0.364. The van der Waals surface area contributed by atoms with Crippen molar-refractivity contribution in [2.75, 3.05) is 16.7 Å². The second kappa shape index (κ2) is 1.29. The molecule has 0 radical (unpaired) electrons. The maximum absolute atomic E-state index is 5.29. The summed E-state index contributed by atoms with van der Waals surface area (Å²) < 4.78 is 0. The van der Waals surface area contributed by atoms with Crippen LogP contribution in [-0.4, -0.2) is 9.97 Å². The number of nitrogen functional groups attached to an aromatic ring is 1. The number of nitrogens with zero attached hydrogens (tertiary/aromatic N) is 1. The number of anilines is 3. The molecular weight excluding hydrogens is 122 g/mol. The van der Waals surface area contributed by atoms with Gasteiger partial charge in [-0.25, -0.2) is 11.0 Å². The van der Waals surface area contributed by atoms with Crippen LogP contribution in [0.2, 0.25) is 0 Å². The molecule has 6 nitrogen and oxygen atoms in total. The van der Waals surface area contributed by atoms with Crippen LogP contribution in [-0.2, 0) is 4.94 Å². The van der Waals surface area contributed by atoms with E-state index in [1.54, 1.807) is 0 Å². The molecule has 0 atom stereocenters. The predicted octanol–water partition coefficient (Wildman–Crippen LogP) is -0.324. The smallest absolute Gasteiger partial charge is 0.201 e. The maximum Gasteiger partial charge on any atom is 0.201 e. The fourth-order valence-corrected chi connectivity index (χ4v) is 0.664. The number of imidazole rings is 1. The molecule has 0 aliphatic carbocycles.